The molecule has 0 bridgehead atoms. The predicted molar refractivity (Wildman–Crippen MR) is 67.9 cm³/mol. The fourth-order valence-corrected chi connectivity index (χ4v) is 1.54. The van der Waals surface area contributed by atoms with Crippen LogP contribution in [-0.2, 0) is 16.1 Å². The van der Waals surface area contributed by atoms with E-state index >= 15 is 0 Å². The molecule has 20 heavy (non-hydrogen) atoms. The van der Waals surface area contributed by atoms with Gasteiger partial charge in [-0.3, -0.25) is 19.6 Å². The lowest BCUT2D eigenvalue weighted by molar-refractivity contribution is -0.385. The highest BCUT2D eigenvalue weighted by molar-refractivity contribution is 5.83. The van der Waals surface area contributed by atoms with Crippen molar-refractivity contribution in [3.63, 3.8) is 0 Å². The molecule has 1 heterocycles. The Kier molecular flexibility index (Phi) is 4.43. The molecule has 1 rings (SSSR count). The number of nitrogens with one attached hydrogen (secondary N) is 1. The number of nitrogens with zero attached hydrogens (tertiary/aromatic N) is 3. The van der Waals surface area contributed by atoms with E-state index in [1.54, 1.807) is 20.8 Å². The molecule has 1 amide bonds. The van der Waals surface area contributed by atoms with Crippen LogP contribution in [0.5, 0.6) is 0 Å². The van der Waals surface area contributed by atoms with Crippen molar-refractivity contribution < 1.29 is 19.6 Å². The van der Waals surface area contributed by atoms with E-state index in [1.807, 2.05) is 0 Å². The topological polar surface area (TPSA) is 127 Å². The van der Waals surface area contributed by atoms with Crippen LogP contribution in [0.1, 0.15) is 20.8 Å². The summed E-state index contributed by atoms with van der Waals surface area (Å²) in [5.74, 6) is -1.72. The maximum atomic E-state index is 11.7. The standard InChI is InChI=1S/C11H16N4O5/c1-11(2,3)9(10(17)18)13-8(16)6-14-5-7(4-12-14)15(19)20/h4-5,9H,6H2,1-3H3,(H,13,16)(H,17,18)/t9-/m0/s1. The highest BCUT2D eigenvalue weighted by Crippen LogP contribution is 2.19. The maximum absolute atomic E-state index is 11.7. The molecule has 1 aromatic heterocycles. The molecule has 1 aromatic rings. The van der Waals surface area contributed by atoms with Gasteiger partial charge in [0.1, 0.15) is 25.0 Å². The summed E-state index contributed by atoms with van der Waals surface area (Å²) in [5, 5.41) is 25.6. The highest BCUT2D eigenvalue weighted by Gasteiger charge is 2.32. The molecule has 0 aliphatic heterocycles. The maximum Gasteiger partial charge on any atom is 0.326 e. The number of aliphatic carboxylic acids is 1. The summed E-state index contributed by atoms with van der Waals surface area (Å²) in [6.07, 6.45) is 2.12. The van der Waals surface area contributed by atoms with Gasteiger partial charge in [-0.15, -0.1) is 0 Å². The van der Waals surface area contributed by atoms with Gasteiger partial charge in [0.25, 0.3) is 0 Å². The highest BCUT2D eigenvalue weighted by atomic mass is 16.6. The van der Waals surface area contributed by atoms with E-state index in [2.05, 4.69) is 10.4 Å². The van der Waals surface area contributed by atoms with Crippen LogP contribution in [0.3, 0.4) is 0 Å². The number of hydrogen-bond acceptors (Lipinski definition) is 5. The summed E-state index contributed by atoms with van der Waals surface area (Å²) < 4.78 is 1.08. The molecule has 0 spiro atoms. The predicted octanol–water partition coefficient (Wildman–Crippen LogP) is 0.407. The molecule has 0 radical (unpaired) electrons. The molecular formula is C11H16N4O5. The van der Waals surface area contributed by atoms with Gasteiger partial charge in [-0.05, 0) is 5.41 Å². The number of carbonyl (C=O) groups is 2. The lowest BCUT2D eigenvalue weighted by Gasteiger charge is -2.27. The summed E-state index contributed by atoms with van der Waals surface area (Å²) >= 11 is 0. The molecule has 1 atom stereocenters. The second-order valence-electron chi connectivity index (χ2n) is 5.36. The zero-order valence-corrected chi connectivity index (χ0v) is 11.4. The van der Waals surface area contributed by atoms with E-state index in [-0.39, 0.29) is 12.2 Å². The molecule has 9 heteroatoms. The fraction of sp³-hybridized carbons (Fsp3) is 0.545. The number of rotatable bonds is 5. The molecule has 2 N–H and O–H groups in total. The van der Waals surface area contributed by atoms with Crippen molar-refractivity contribution in [3.8, 4) is 0 Å². The Hall–Kier alpha value is -2.45. The van der Waals surface area contributed by atoms with Crippen molar-refractivity contribution in [2.24, 2.45) is 5.41 Å². The molecule has 0 saturated carbocycles. The summed E-state index contributed by atoms with van der Waals surface area (Å²) in [6.45, 7) is 4.77. The first-order chi connectivity index (χ1) is 9.11. The quantitative estimate of drug-likeness (QED) is 0.595. The minimum atomic E-state index is -1.14. The zero-order valence-electron chi connectivity index (χ0n) is 11.4. The van der Waals surface area contributed by atoms with Crippen LogP contribution < -0.4 is 5.32 Å². The van der Waals surface area contributed by atoms with Crippen molar-refractivity contribution >= 4 is 17.6 Å². The van der Waals surface area contributed by atoms with E-state index in [0.29, 0.717) is 0 Å². The molecule has 0 aliphatic carbocycles. The molecule has 0 unspecified atom stereocenters. The number of carboxylic acids is 1. The molecule has 0 aromatic carbocycles. The minimum absolute atomic E-state index is 0.233. The van der Waals surface area contributed by atoms with Gasteiger partial charge in [-0.2, -0.15) is 5.10 Å². The Bertz CT molecular complexity index is 531. The average molecular weight is 284 g/mol. The van der Waals surface area contributed by atoms with E-state index < -0.39 is 28.3 Å². The average Bonchev–Trinajstić information content (AvgIpc) is 2.72. The first kappa shape index (κ1) is 15.6. The lowest BCUT2D eigenvalue weighted by Crippen LogP contribution is -2.49. The van der Waals surface area contributed by atoms with Crippen LogP contribution in [0.25, 0.3) is 0 Å². The third kappa shape index (κ3) is 4.04. The molecule has 0 saturated heterocycles. The Morgan fingerprint density at radius 1 is 1.55 bits per heavy atom. The SMILES string of the molecule is CC(C)(C)[C@@H](NC(=O)Cn1cc([N+](=O)[O-])cn1)C(=O)O. The Balaban J connectivity index is 2.71. The van der Waals surface area contributed by atoms with E-state index in [0.717, 1.165) is 17.1 Å². The van der Waals surface area contributed by atoms with Gasteiger partial charge in [0.2, 0.25) is 5.91 Å². The zero-order chi connectivity index (χ0) is 15.5. The molecule has 9 nitrogen and oxygen atoms in total. The second-order valence-corrected chi connectivity index (χ2v) is 5.36. The van der Waals surface area contributed by atoms with E-state index in [9.17, 15) is 19.7 Å². The monoisotopic (exact) mass is 284 g/mol. The lowest BCUT2D eigenvalue weighted by atomic mass is 9.87. The number of carboxylic acid groups (broad SMARTS) is 1. The van der Waals surface area contributed by atoms with E-state index in [4.69, 9.17) is 5.11 Å². The second kappa shape index (κ2) is 5.68. The fourth-order valence-electron chi connectivity index (χ4n) is 1.54. The van der Waals surface area contributed by atoms with Gasteiger partial charge in [0, 0.05) is 0 Å². The van der Waals surface area contributed by atoms with Crippen LogP contribution in [0, 0.1) is 15.5 Å². The first-order valence-electron chi connectivity index (χ1n) is 5.80. The van der Waals surface area contributed by atoms with Gasteiger partial charge in [0.15, 0.2) is 0 Å². The number of amides is 1. The third-order valence-corrected chi connectivity index (χ3v) is 2.55. The van der Waals surface area contributed by atoms with E-state index in [1.165, 1.54) is 0 Å². The first-order valence-corrected chi connectivity index (χ1v) is 5.80. The summed E-state index contributed by atoms with van der Waals surface area (Å²) in [4.78, 5) is 32.7. The summed E-state index contributed by atoms with van der Waals surface area (Å²) in [5.41, 5.74) is -0.888. The van der Waals surface area contributed by atoms with Crippen molar-refractivity contribution in [2.45, 2.75) is 33.4 Å². The van der Waals surface area contributed by atoms with Crippen molar-refractivity contribution in [1.29, 1.82) is 0 Å². The van der Waals surface area contributed by atoms with Crippen LogP contribution in [0.4, 0.5) is 5.69 Å². The summed E-state index contributed by atoms with van der Waals surface area (Å²) in [7, 11) is 0. The van der Waals surface area contributed by atoms with Crippen LogP contribution in [-0.4, -0.2) is 37.7 Å². The largest absolute Gasteiger partial charge is 0.480 e. The van der Waals surface area contributed by atoms with Gasteiger partial charge in [-0.25, -0.2) is 4.79 Å². The van der Waals surface area contributed by atoms with Crippen molar-refractivity contribution in [2.75, 3.05) is 0 Å². The normalized spacial score (nSPS) is 12.8. The molecular weight excluding hydrogens is 268 g/mol. The van der Waals surface area contributed by atoms with Crippen LogP contribution in [0.2, 0.25) is 0 Å². The van der Waals surface area contributed by atoms with Crippen LogP contribution >= 0.6 is 0 Å². The smallest absolute Gasteiger partial charge is 0.326 e. The van der Waals surface area contributed by atoms with Crippen molar-refractivity contribution in [1.82, 2.24) is 15.1 Å². The molecule has 0 aliphatic rings. The minimum Gasteiger partial charge on any atom is -0.480 e. The Labute approximate surface area is 114 Å². The van der Waals surface area contributed by atoms with Crippen molar-refractivity contribution in [3.05, 3.63) is 22.5 Å². The Morgan fingerprint density at radius 2 is 2.15 bits per heavy atom. The number of aromatic nitrogens is 2. The Morgan fingerprint density at radius 3 is 2.55 bits per heavy atom. The number of nitro groups is 1. The number of hydrogen-bond donors (Lipinski definition) is 2. The molecule has 110 valence electrons. The summed E-state index contributed by atoms with van der Waals surface area (Å²) in [6, 6.07) is -1.06. The third-order valence-electron chi connectivity index (χ3n) is 2.55. The number of carbonyl (C=O) groups excluding carboxylic acids is 1. The molecule has 0 fully saturated rings. The van der Waals surface area contributed by atoms with Gasteiger partial charge in [-0.1, -0.05) is 20.8 Å². The van der Waals surface area contributed by atoms with Gasteiger partial charge >= 0.3 is 11.7 Å². The van der Waals surface area contributed by atoms with Gasteiger partial charge in [0.05, 0.1) is 4.92 Å². The van der Waals surface area contributed by atoms with Crippen LogP contribution in [0.15, 0.2) is 12.4 Å². The van der Waals surface area contributed by atoms with Gasteiger partial charge < -0.3 is 10.4 Å².